The van der Waals surface area contributed by atoms with Gasteiger partial charge in [-0.3, -0.25) is 9.69 Å². The number of nitrogens with zero attached hydrogens (tertiary/aromatic N) is 2. The maximum absolute atomic E-state index is 12.8. The first kappa shape index (κ1) is 22.3. The summed E-state index contributed by atoms with van der Waals surface area (Å²) >= 11 is 0. The van der Waals surface area contributed by atoms with Crippen molar-refractivity contribution < 1.29 is 22.7 Å². The Balaban J connectivity index is 1.92. The molecule has 1 aliphatic rings. The molecule has 0 saturated carbocycles. The van der Waals surface area contributed by atoms with Crippen LogP contribution in [0.4, 0.5) is 0 Å². The molecule has 1 fully saturated rings. The van der Waals surface area contributed by atoms with Crippen LogP contribution in [0.15, 0.2) is 29.2 Å². The molecule has 0 bridgehead atoms. The van der Waals surface area contributed by atoms with Crippen molar-refractivity contribution in [2.45, 2.75) is 25.7 Å². The van der Waals surface area contributed by atoms with E-state index in [0.29, 0.717) is 44.2 Å². The van der Waals surface area contributed by atoms with Crippen LogP contribution in [0.1, 0.15) is 31.1 Å². The van der Waals surface area contributed by atoms with Gasteiger partial charge in [-0.25, -0.2) is 13.2 Å². The third-order valence-corrected chi connectivity index (χ3v) is 6.32. The molecule has 2 rings (SSSR count). The highest BCUT2D eigenvalue weighted by Gasteiger charge is 2.29. The van der Waals surface area contributed by atoms with E-state index in [1.54, 1.807) is 6.92 Å². The summed E-state index contributed by atoms with van der Waals surface area (Å²) in [6.07, 6.45) is 0. The number of carbonyl (C=O) groups excluding carboxylic acids is 2. The van der Waals surface area contributed by atoms with Crippen molar-refractivity contribution in [2.75, 3.05) is 45.9 Å². The molecule has 1 amide bonds. The van der Waals surface area contributed by atoms with Crippen molar-refractivity contribution in [3.63, 3.8) is 0 Å². The second-order valence-electron chi connectivity index (χ2n) is 7.12. The van der Waals surface area contributed by atoms with E-state index in [4.69, 9.17) is 4.74 Å². The first-order chi connectivity index (χ1) is 13.2. The first-order valence-electron chi connectivity index (χ1n) is 9.50. The predicted octanol–water partition coefficient (Wildman–Crippen LogP) is 0.942. The van der Waals surface area contributed by atoms with Gasteiger partial charge in [0, 0.05) is 32.7 Å². The number of esters is 1. The van der Waals surface area contributed by atoms with Gasteiger partial charge in [0.15, 0.2) is 0 Å². The van der Waals surface area contributed by atoms with Gasteiger partial charge >= 0.3 is 5.97 Å². The van der Waals surface area contributed by atoms with E-state index in [2.05, 4.69) is 5.32 Å². The molecule has 0 atom stereocenters. The van der Waals surface area contributed by atoms with Crippen molar-refractivity contribution in [3.8, 4) is 0 Å². The average molecular weight is 412 g/mol. The number of piperazine rings is 1. The molecule has 0 aliphatic carbocycles. The zero-order chi connectivity index (χ0) is 20.7. The summed E-state index contributed by atoms with van der Waals surface area (Å²) in [7, 11) is -3.64. The Kier molecular flexibility index (Phi) is 7.97. The van der Waals surface area contributed by atoms with E-state index in [0.717, 1.165) is 0 Å². The lowest BCUT2D eigenvalue weighted by molar-refractivity contribution is -0.122. The Morgan fingerprint density at radius 3 is 2.25 bits per heavy atom. The van der Waals surface area contributed by atoms with Crippen LogP contribution in [0, 0.1) is 5.92 Å². The molecule has 0 spiro atoms. The van der Waals surface area contributed by atoms with Gasteiger partial charge < -0.3 is 10.1 Å². The van der Waals surface area contributed by atoms with Crippen LogP contribution in [0.5, 0.6) is 0 Å². The number of benzene rings is 1. The van der Waals surface area contributed by atoms with E-state index in [-0.39, 0.29) is 24.0 Å². The molecule has 1 aliphatic heterocycles. The lowest BCUT2D eigenvalue weighted by atomic mass is 10.2. The van der Waals surface area contributed by atoms with Crippen LogP contribution >= 0.6 is 0 Å². The van der Waals surface area contributed by atoms with Crippen LogP contribution in [0.2, 0.25) is 0 Å². The highest BCUT2D eigenvalue weighted by Crippen LogP contribution is 2.18. The Morgan fingerprint density at radius 1 is 1.11 bits per heavy atom. The maximum atomic E-state index is 12.8. The van der Waals surface area contributed by atoms with Crippen molar-refractivity contribution in [1.82, 2.24) is 14.5 Å². The summed E-state index contributed by atoms with van der Waals surface area (Å²) in [5, 5.41) is 2.87. The van der Waals surface area contributed by atoms with Crippen LogP contribution in [0.25, 0.3) is 0 Å². The standard InChI is InChI=1S/C19H29N3O5S/c1-4-27-19(24)16-5-7-17(8-6-16)28(25,26)22-11-9-21(10-12-22)14-18(23)20-13-15(2)3/h5-8,15H,4,9-14H2,1-3H3,(H,20,23). The normalized spacial score (nSPS) is 16.1. The molecule has 156 valence electrons. The average Bonchev–Trinajstić information content (AvgIpc) is 2.67. The number of sulfonamides is 1. The summed E-state index contributed by atoms with van der Waals surface area (Å²) in [6.45, 7) is 8.57. The number of amides is 1. The molecular formula is C19H29N3O5S. The van der Waals surface area contributed by atoms with Crippen molar-refractivity contribution in [1.29, 1.82) is 0 Å². The number of carbonyl (C=O) groups is 2. The third kappa shape index (κ3) is 6.02. The summed E-state index contributed by atoms with van der Waals surface area (Å²) in [4.78, 5) is 25.7. The molecule has 1 aromatic rings. The molecule has 1 aromatic carbocycles. The quantitative estimate of drug-likeness (QED) is 0.640. The van der Waals surface area contributed by atoms with Gasteiger partial charge in [-0.15, -0.1) is 0 Å². The zero-order valence-electron chi connectivity index (χ0n) is 16.7. The van der Waals surface area contributed by atoms with E-state index in [1.165, 1.54) is 28.6 Å². The highest BCUT2D eigenvalue weighted by atomic mass is 32.2. The molecule has 1 N–H and O–H groups in total. The van der Waals surface area contributed by atoms with Crippen LogP contribution in [0.3, 0.4) is 0 Å². The molecule has 9 heteroatoms. The van der Waals surface area contributed by atoms with Crippen LogP contribution in [-0.2, 0) is 19.6 Å². The van der Waals surface area contributed by atoms with Crippen molar-refractivity contribution in [2.24, 2.45) is 5.92 Å². The summed E-state index contributed by atoms with van der Waals surface area (Å²) in [5.74, 6) is -0.128. The molecular weight excluding hydrogens is 382 g/mol. The fourth-order valence-electron chi connectivity index (χ4n) is 2.83. The van der Waals surface area contributed by atoms with Gasteiger partial charge in [-0.2, -0.15) is 4.31 Å². The van der Waals surface area contributed by atoms with E-state index >= 15 is 0 Å². The lowest BCUT2D eigenvalue weighted by Gasteiger charge is -2.33. The minimum atomic E-state index is -3.64. The monoisotopic (exact) mass is 411 g/mol. The van der Waals surface area contributed by atoms with E-state index in [1.807, 2.05) is 18.7 Å². The first-order valence-corrected chi connectivity index (χ1v) is 10.9. The minimum absolute atomic E-state index is 0.0421. The van der Waals surface area contributed by atoms with E-state index < -0.39 is 16.0 Å². The Morgan fingerprint density at radius 2 is 1.71 bits per heavy atom. The minimum Gasteiger partial charge on any atom is -0.462 e. The molecule has 1 saturated heterocycles. The summed E-state index contributed by atoms with van der Waals surface area (Å²) in [5.41, 5.74) is 0.318. The van der Waals surface area contributed by atoms with Gasteiger partial charge in [0.25, 0.3) is 0 Å². The number of rotatable bonds is 8. The van der Waals surface area contributed by atoms with Gasteiger partial charge in [-0.05, 0) is 37.1 Å². The van der Waals surface area contributed by atoms with Crippen molar-refractivity contribution in [3.05, 3.63) is 29.8 Å². The molecule has 0 radical (unpaired) electrons. The van der Waals surface area contributed by atoms with Gasteiger partial charge in [-0.1, -0.05) is 13.8 Å². The predicted molar refractivity (Wildman–Crippen MR) is 105 cm³/mol. The molecule has 28 heavy (non-hydrogen) atoms. The number of ether oxygens (including phenoxy) is 1. The molecule has 0 unspecified atom stereocenters. The molecule has 8 nitrogen and oxygen atoms in total. The third-order valence-electron chi connectivity index (χ3n) is 4.41. The summed E-state index contributed by atoms with van der Waals surface area (Å²) in [6, 6.07) is 5.76. The SMILES string of the molecule is CCOC(=O)c1ccc(S(=O)(=O)N2CCN(CC(=O)NCC(C)C)CC2)cc1. The maximum Gasteiger partial charge on any atom is 0.338 e. The zero-order valence-corrected chi connectivity index (χ0v) is 17.5. The Labute approximate surface area is 166 Å². The number of hydrogen-bond donors (Lipinski definition) is 1. The number of hydrogen-bond acceptors (Lipinski definition) is 6. The van der Waals surface area contributed by atoms with Crippen LogP contribution < -0.4 is 5.32 Å². The Bertz CT molecular complexity index is 769. The number of nitrogens with one attached hydrogen (secondary N) is 1. The second kappa shape index (κ2) is 9.99. The molecule has 0 aromatic heterocycles. The second-order valence-corrected chi connectivity index (χ2v) is 9.06. The smallest absolute Gasteiger partial charge is 0.338 e. The lowest BCUT2D eigenvalue weighted by Crippen LogP contribution is -2.51. The van der Waals surface area contributed by atoms with Gasteiger partial charge in [0.05, 0.1) is 23.6 Å². The summed E-state index contributed by atoms with van der Waals surface area (Å²) < 4.78 is 31.9. The van der Waals surface area contributed by atoms with Crippen LogP contribution in [-0.4, -0.2) is 75.4 Å². The molecule has 1 heterocycles. The fourth-order valence-corrected chi connectivity index (χ4v) is 4.25. The Hall–Kier alpha value is -1.97. The van der Waals surface area contributed by atoms with Crippen molar-refractivity contribution >= 4 is 21.9 Å². The van der Waals surface area contributed by atoms with Gasteiger partial charge in [0.1, 0.15) is 0 Å². The van der Waals surface area contributed by atoms with E-state index in [9.17, 15) is 18.0 Å². The van der Waals surface area contributed by atoms with Gasteiger partial charge in [0.2, 0.25) is 15.9 Å². The topological polar surface area (TPSA) is 96.0 Å². The fraction of sp³-hybridized carbons (Fsp3) is 0.579. The largest absolute Gasteiger partial charge is 0.462 e. The highest BCUT2D eigenvalue weighted by molar-refractivity contribution is 7.89.